The number of amides is 1. The fourth-order valence-corrected chi connectivity index (χ4v) is 7.65. The highest BCUT2D eigenvalue weighted by Crippen LogP contribution is 2.36. The summed E-state index contributed by atoms with van der Waals surface area (Å²) < 4.78 is 16.8. The van der Waals surface area contributed by atoms with Gasteiger partial charge in [-0.15, -0.1) is 0 Å². The average molecular weight is 666 g/mol. The van der Waals surface area contributed by atoms with Gasteiger partial charge in [0.25, 0.3) is 11.5 Å². The van der Waals surface area contributed by atoms with Gasteiger partial charge in [-0.2, -0.15) is 5.26 Å². The zero-order chi connectivity index (χ0) is 33.1. The van der Waals surface area contributed by atoms with E-state index in [2.05, 4.69) is 17.9 Å². The summed E-state index contributed by atoms with van der Waals surface area (Å²) >= 11 is 6.94. The Balaban J connectivity index is 1.51. The Bertz CT molecular complexity index is 1510. The van der Waals surface area contributed by atoms with Crippen LogP contribution in [0.3, 0.4) is 0 Å². The Hall–Kier alpha value is -3.16. The predicted molar refractivity (Wildman–Crippen MR) is 193 cm³/mol. The number of nitrogens with zero attached hydrogens (tertiary/aromatic N) is 5. The maximum Gasteiger partial charge on any atom is 0.270 e. The van der Waals surface area contributed by atoms with Crippen LogP contribution in [0.25, 0.3) is 6.08 Å². The molecule has 2 aromatic rings. The molecule has 2 saturated heterocycles. The number of hydrogen-bond donors (Lipinski definition) is 0. The number of aromatic nitrogens is 1. The Morgan fingerprint density at radius 3 is 2.11 bits per heavy atom. The maximum atomic E-state index is 14.5. The number of thiocarbonyl (C=S) groups is 1. The van der Waals surface area contributed by atoms with Crippen molar-refractivity contribution >= 4 is 51.8 Å². The van der Waals surface area contributed by atoms with Crippen molar-refractivity contribution < 1.29 is 9.18 Å². The first-order valence-electron chi connectivity index (χ1n) is 17.0. The van der Waals surface area contributed by atoms with Gasteiger partial charge < -0.3 is 9.80 Å². The van der Waals surface area contributed by atoms with E-state index in [-0.39, 0.29) is 22.8 Å². The third-order valence-electron chi connectivity index (χ3n) is 8.95. The van der Waals surface area contributed by atoms with Crippen molar-refractivity contribution in [2.75, 3.05) is 42.5 Å². The van der Waals surface area contributed by atoms with Crippen LogP contribution in [0.5, 0.6) is 0 Å². The number of pyridine rings is 1. The molecule has 0 N–H and O–H groups in total. The molecule has 0 atom stereocenters. The minimum absolute atomic E-state index is 0.0919. The summed E-state index contributed by atoms with van der Waals surface area (Å²) in [6.45, 7) is 9.32. The van der Waals surface area contributed by atoms with E-state index in [4.69, 9.17) is 12.2 Å². The molecule has 4 rings (SSSR count). The largest absolute Gasteiger partial charge is 0.366 e. The van der Waals surface area contributed by atoms with Gasteiger partial charge >= 0.3 is 0 Å². The van der Waals surface area contributed by atoms with Crippen LogP contribution in [0.1, 0.15) is 101 Å². The molecule has 2 aliphatic heterocycles. The van der Waals surface area contributed by atoms with Gasteiger partial charge in [0.1, 0.15) is 27.6 Å². The Morgan fingerprint density at radius 1 is 0.891 bits per heavy atom. The van der Waals surface area contributed by atoms with Crippen molar-refractivity contribution in [1.82, 2.24) is 9.47 Å². The summed E-state index contributed by atoms with van der Waals surface area (Å²) in [4.78, 5) is 33.6. The monoisotopic (exact) mass is 665 g/mol. The van der Waals surface area contributed by atoms with Crippen LogP contribution in [-0.4, -0.2) is 52.4 Å². The highest BCUT2D eigenvalue weighted by Gasteiger charge is 2.33. The number of rotatable bonds is 16. The number of halogens is 1. The topological polar surface area (TPSA) is 72.6 Å². The summed E-state index contributed by atoms with van der Waals surface area (Å²) in [5.41, 5.74) is 1.60. The summed E-state index contributed by atoms with van der Waals surface area (Å²) in [6, 6.07) is 8.89. The third-order valence-corrected chi connectivity index (χ3v) is 10.3. The molecule has 1 amide bonds. The van der Waals surface area contributed by atoms with E-state index < -0.39 is 0 Å². The molecule has 248 valence electrons. The van der Waals surface area contributed by atoms with Crippen LogP contribution >= 0.6 is 24.0 Å². The number of hydrogen-bond acceptors (Lipinski definition) is 7. The number of nitriles is 1. The molecule has 0 bridgehead atoms. The van der Waals surface area contributed by atoms with E-state index in [9.17, 15) is 19.2 Å². The minimum Gasteiger partial charge on any atom is -0.366 e. The van der Waals surface area contributed by atoms with Crippen molar-refractivity contribution in [3.8, 4) is 6.07 Å². The van der Waals surface area contributed by atoms with Crippen molar-refractivity contribution in [1.29, 1.82) is 5.26 Å². The number of benzene rings is 1. The quantitative estimate of drug-likeness (QED) is 0.102. The van der Waals surface area contributed by atoms with Crippen LogP contribution in [-0.2, 0) is 11.3 Å². The summed E-state index contributed by atoms with van der Waals surface area (Å²) in [6.07, 6.45) is 14.8. The predicted octanol–water partition coefficient (Wildman–Crippen LogP) is 8.03. The van der Waals surface area contributed by atoms with E-state index in [1.54, 1.807) is 28.5 Å². The standard InChI is InChI=1S/C36H48FN5O2S2/c1-4-6-7-8-9-10-11-12-13-16-20-42-35(44)32(46-36(42)45)25-28-27(3)29(26-38)34(43)41(19-5-2)33(28)40-23-21-39(22-24-40)31-18-15-14-17-30(31)37/h14-15,17-18,25H,4-13,16,19-24H2,1-3H3. The van der Waals surface area contributed by atoms with Crippen LogP contribution in [0.2, 0.25) is 0 Å². The molecule has 0 saturated carbocycles. The first-order chi connectivity index (χ1) is 22.3. The van der Waals surface area contributed by atoms with E-state index in [1.807, 2.05) is 24.0 Å². The third kappa shape index (κ3) is 8.60. The average Bonchev–Trinajstić information content (AvgIpc) is 3.32. The normalized spacial score (nSPS) is 16.2. The lowest BCUT2D eigenvalue weighted by Crippen LogP contribution is -2.49. The minimum atomic E-state index is -0.320. The fraction of sp³-hybridized carbons (Fsp3) is 0.556. The van der Waals surface area contributed by atoms with Gasteiger partial charge in [-0.25, -0.2) is 4.39 Å². The second-order valence-corrected chi connectivity index (χ2v) is 13.9. The highest BCUT2D eigenvalue weighted by atomic mass is 32.2. The first kappa shape index (κ1) is 35.7. The van der Waals surface area contributed by atoms with Crippen LogP contribution in [0, 0.1) is 24.1 Å². The maximum absolute atomic E-state index is 14.5. The summed E-state index contributed by atoms with van der Waals surface area (Å²) in [7, 11) is 0. The molecule has 0 spiro atoms. The van der Waals surface area contributed by atoms with Gasteiger partial charge in [0, 0.05) is 44.8 Å². The Labute approximate surface area is 283 Å². The second-order valence-electron chi connectivity index (χ2n) is 12.2. The van der Waals surface area contributed by atoms with E-state index in [0.717, 1.165) is 12.8 Å². The molecule has 7 nitrogen and oxygen atoms in total. The number of carbonyl (C=O) groups excluding carboxylic acids is 1. The SMILES string of the molecule is CCCCCCCCCCCCN1C(=O)C(=Cc2c(C)c(C#N)c(=O)n(CCC)c2N2CCN(c3ccccc3F)CC2)SC1=S. The number of piperazine rings is 1. The first-order valence-corrected chi connectivity index (χ1v) is 18.2. The number of anilines is 2. The zero-order valence-electron chi connectivity index (χ0n) is 27.7. The van der Waals surface area contributed by atoms with Crippen molar-refractivity contribution in [3.63, 3.8) is 0 Å². The summed E-state index contributed by atoms with van der Waals surface area (Å²) in [5.74, 6) is 0.331. The molecular formula is C36H48FN5O2S2. The van der Waals surface area contributed by atoms with E-state index >= 15 is 0 Å². The molecule has 3 heterocycles. The lowest BCUT2D eigenvalue weighted by Gasteiger charge is -2.39. The molecule has 10 heteroatoms. The second kappa shape index (κ2) is 17.7. The van der Waals surface area contributed by atoms with Gasteiger partial charge in [0.05, 0.1) is 10.6 Å². The van der Waals surface area contributed by atoms with Crippen molar-refractivity contribution in [3.05, 3.63) is 62.0 Å². The molecular weight excluding hydrogens is 618 g/mol. The molecule has 2 fully saturated rings. The van der Waals surface area contributed by atoms with Crippen LogP contribution in [0.4, 0.5) is 15.9 Å². The Morgan fingerprint density at radius 2 is 1.50 bits per heavy atom. The van der Waals surface area contributed by atoms with Crippen LogP contribution in [0.15, 0.2) is 34.0 Å². The Kier molecular flexibility index (Phi) is 13.7. The van der Waals surface area contributed by atoms with Gasteiger partial charge in [-0.05, 0) is 43.5 Å². The smallest absolute Gasteiger partial charge is 0.270 e. The van der Waals surface area contributed by atoms with Gasteiger partial charge in [0.2, 0.25) is 0 Å². The molecule has 1 aromatic heterocycles. The lowest BCUT2D eigenvalue weighted by atomic mass is 10.0. The zero-order valence-corrected chi connectivity index (χ0v) is 29.3. The van der Waals surface area contributed by atoms with Crippen molar-refractivity contribution in [2.24, 2.45) is 0 Å². The van der Waals surface area contributed by atoms with E-state index in [0.29, 0.717) is 77.5 Å². The summed E-state index contributed by atoms with van der Waals surface area (Å²) in [5, 5.41) is 9.98. The van der Waals surface area contributed by atoms with E-state index in [1.165, 1.54) is 69.2 Å². The van der Waals surface area contributed by atoms with Gasteiger partial charge in [-0.1, -0.05) is 108 Å². The molecule has 0 aliphatic carbocycles. The number of thioether (sulfide) groups is 1. The molecule has 2 aliphatic rings. The number of para-hydroxylation sites is 1. The van der Waals surface area contributed by atoms with Crippen LogP contribution < -0.4 is 15.4 Å². The lowest BCUT2D eigenvalue weighted by molar-refractivity contribution is -0.122. The van der Waals surface area contributed by atoms with Gasteiger partial charge in [0.15, 0.2) is 0 Å². The molecule has 0 radical (unpaired) electrons. The number of carbonyl (C=O) groups is 1. The molecule has 1 aromatic carbocycles. The van der Waals surface area contributed by atoms with Crippen molar-refractivity contribution in [2.45, 2.75) is 97.9 Å². The fourth-order valence-electron chi connectivity index (χ4n) is 6.36. The molecule has 46 heavy (non-hydrogen) atoms. The molecule has 0 unspecified atom stereocenters. The number of unbranched alkanes of at least 4 members (excludes halogenated alkanes) is 9. The highest BCUT2D eigenvalue weighted by molar-refractivity contribution is 8.26. The van der Waals surface area contributed by atoms with Gasteiger partial charge in [-0.3, -0.25) is 19.1 Å².